The van der Waals surface area contributed by atoms with Crippen LogP contribution in [-0.2, 0) is 29.6 Å². The van der Waals surface area contributed by atoms with Gasteiger partial charge < -0.3 is 24.1 Å². The molecule has 0 bridgehead atoms. The Kier molecular flexibility index (Phi) is 5.07. The molecule has 0 spiro atoms. The molecule has 0 aliphatic carbocycles. The van der Waals surface area contributed by atoms with Crippen molar-refractivity contribution in [3.63, 3.8) is 0 Å². The monoisotopic (exact) mass is 406 g/mol. The predicted molar refractivity (Wildman–Crippen MR) is 99.7 cm³/mol. The normalized spacial score (nSPS) is 19.8. The summed E-state index contributed by atoms with van der Waals surface area (Å²) in [5.41, 5.74) is 6.20. The van der Waals surface area contributed by atoms with Crippen molar-refractivity contribution in [2.45, 2.75) is 11.8 Å². The minimum Gasteiger partial charge on any atom is -0.497 e. The quantitative estimate of drug-likeness (QED) is 0.695. The van der Waals surface area contributed by atoms with Crippen molar-refractivity contribution in [1.82, 2.24) is 0 Å². The summed E-state index contributed by atoms with van der Waals surface area (Å²) in [6.45, 7) is 0. The fraction of sp³-hybridized carbons (Fsp3) is 0.211. The van der Waals surface area contributed by atoms with Gasteiger partial charge in [0.05, 0.1) is 15.6 Å². The van der Waals surface area contributed by atoms with Crippen LogP contribution in [0.4, 0.5) is 0 Å². The molecule has 0 saturated carbocycles. The molecule has 148 valence electrons. The van der Waals surface area contributed by atoms with Crippen molar-refractivity contribution >= 4 is 15.9 Å². The van der Waals surface area contributed by atoms with E-state index in [-0.39, 0.29) is 5.56 Å². The first-order chi connectivity index (χ1) is 13.7. The van der Waals surface area contributed by atoms with Gasteiger partial charge in [0.1, 0.15) is 17.3 Å². The third kappa shape index (κ3) is 4.20. The van der Waals surface area contributed by atoms with Crippen molar-refractivity contribution in [2.75, 3.05) is 14.2 Å². The lowest BCUT2D eigenvalue weighted by Gasteiger charge is -2.13. The van der Waals surface area contributed by atoms with Gasteiger partial charge in [-0.3, -0.25) is 4.79 Å². The van der Waals surface area contributed by atoms with Gasteiger partial charge in [0.2, 0.25) is 17.4 Å². The Morgan fingerprint density at radius 1 is 1.11 bits per heavy atom. The fourth-order valence-corrected chi connectivity index (χ4v) is 3.63. The number of ketones is 1. The van der Waals surface area contributed by atoms with E-state index in [4.69, 9.17) is 25.5 Å². The fourth-order valence-electron chi connectivity index (χ4n) is 2.56. The van der Waals surface area contributed by atoms with Crippen molar-refractivity contribution in [2.24, 2.45) is 5.73 Å². The van der Waals surface area contributed by atoms with Crippen molar-refractivity contribution in [1.29, 1.82) is 0 Å². The second kappa shape index (κ2) is 7.81. The van der Waals surface area contributed by atoms with Crippen molar-refractivity contribution < 1.29 is 33.0 Å². The summed E-state index contributed by atoms with van der Waals surface area (Å²) in [5, 5.41) is 0. The topological polar surface area (TPSA) is 114 Å². The lowest BCUT2D eigenvalue weighted by atomic mass is 10.1. The molecule has 3 rings (SSSR count). The molecule has 28 heavy (non-hydrogen) atoms. The maximum atomic E-state index is 12.8. The van der Waals surface area contributed by atoms with Crippen molar-refractivity contribution in [3.8, 4) is 11.5 Å². The number of methoxy groups -OCH3 is 2. The molecule has 0 unspecified atom stereocenters. The Morgan fingerprint density at radius 2 is 1.71 bits per heavy atom. The Balaban J connectivity index is 1.89. The summed E-state index contributed by atoms with van der Waals surface area (Å²) < 4.78 is 53.7. The van der Waals surface area contributed by atoms with Gasteiger partial charge in [-0.1, -0.05) is 30.3 Å². The number of nitrogens with two attached hydrogens (primary N) is 1. The first-order valence-corrected chi connectivity index (χ1v) is 9.69. The van der Waals surface area contributed by atoms with Crippen LogP contribution >= 0.6 is 0 Å². The number of carbonyl (C=O) groups is 1. The summed E-state index contributed by atoms with van der Waals surface area (Å²) in [6.07, 6.45) is -2.34. The standard InChI is InChI=1S/C19H19NO7S/c1-24-14-8-13(9-15(10-14)25-2)17-16(21)18(19(20)26-17)27-28(22,23)11-12-6-4-3-5-7-12/h3-10,17H,11,20H2,1-2H3/t17-/m0/s1/i17D. The molecular formula is C19H19NO7S. The molecule has 0 saturated heterocycles. The number of Topliss-reactive ketones (excluding diaryl/α,β-unsaturated/α-hetero) is 1. The molecule has 1 atom stereocenters. The molecule has 2 aromatic carbocycles. The van der Waals surface area contributed by atoms with Gasteiger partial charge in [-0.2, -0.15) is 8.42 Å². The molecule has 0 radical (unpaired) electrons. The summed E-state index contributed by atoms with van der Waals surface area (Å²) in [4.78, 5) is 12.8. The van der Waals surface area contributed by atoms with E-state index in [0.29, 0.717) is 17.1 Å². The van der Waals surface area contributed by atoms with E-state index in [0.717, 1.165) is 0 Å². The molecule has 2 aromatic rings. The lowest BCUT2D eigenvalue weighted by molar-refractivity contribution is -0.123. The second-order valence-electron chi connectivity index (χ2n) is 5.83. The average molecular weight is 406 g/mol. The first-order valence-electron chi connectivity index (χ1n) is 8.61. The molecule has 0 amide bonds. The van der Waals surface area contributed by atoms with E-state index >= 15 is 0 Å². The van der Waals surface area contributed by atoms with Crippen LogP contribution in [0.3, 0.4) is 0 Å². The van der Waals surface area contributed by atoms with E-state index < -0.39 is 39.4 Å². The first kappa shape index (κ1) is 18.2. The largest absolute Gasteiger partial charge is 0.497 e. The molecular weight excluding hydrogens is 386 g/mol. The van der Waals surface area contributed by atoms with Gasteiger partial charge in [-0.25, -0.2) is 0 Å². The predicted octanol–water partition coefficient (Wildman–Crippen LogP) is 2.02. The molecule has 0 aromatic heterocycles. The highest BCUT2D eigenvalue weighted by atomic mass is 32.2. The SMILES string of the molecule is [2H][C@@]1(c2cc(OC)cc(OC)c2)OC(N)=C(OS(=O)(=O)Cc2ccccc2)C1=O. The summed E-state index contributed by atoms with van der Waals surface area (Å²) in [7, 11) is -1.40. The third-order valence-corrected chi connectivity index (χ3v) is 4.97. The maximum Gasteiger partial charge on any atom is 0.313 e. The Morgan fingerprint density at radius 3 is 2.29 bits per heavy atom. The zero-order valence-corrected chi connectivity index (χ0v) is 16.0. The number of benzene rings is 2. The van der Waals surface area contributed by atoms with E-state index in [1.807, 2.05) is 0 Å². The highest BCUT2D eigenvalue weighted by molar-refractivity contribution is 7.86. The second-order valence-corrected chi connectivity index (χ2v) is 7.40. The Hall–Kier alpha value is -3.20. The zero-order chi connectivity index (χ0) is 21.2. The average Bonchev–Trinajstić information content (AvgIpc) is 2.91. The Labute approximate surface area is 164 Å². The number of carbonyl (C=O) groups excluding carboxylic acids is 1. The van der Waals surface area contributed by atoms with Crippen LogP contribution in [0.15, 0.2) is 60.2 Å². The number of hydrogen-bond acceptors (Lipinski definition) is 8. The van der Waals surface area contributed by atoms with E-state index in [9.17, 15) is 13.2 Å². The van der Waals surface area contributed by atoms with Gasteiger partial charge in [0, 0.05) is 11.6 Å². The van der Waals surface area contributed by atoms with Crippen molar-refractivity contribution in [3.05, 3.63) is 71.3 Å². The van der Waals surface area contributed by atoms with Crippen LogP contribution in [-0.4, -0.2) is 28.4 Å². The van der Waals surface area contributed by atoms with Crippen LogP contribution in [0.5, 0.6) is 11.5 Å². The third-order valence-electron chi connectivity index (χ3n) is 3.86. The van der Waals surface area contributed by atoms with Gasteiger partial charge in [0.25, 0.3) is 0 Å². The van der Waals surface area contributed by atoms with Gasteiger partial charge in [-0.15, -0.1) is 0 Å². The molecule has 1 aliphatic rings. The Bertz CT molecular complexity index is 1050. The van der Waals surface area contributed by atoms with Crippen LogP contribution in [0, 0.1) is 0 Å². The van der Waals surface area contributed by atoms with E-state index in [1.54, 1.807) is 36.4 Å². The number of ether oxygens (including phenoxy) is 3. The summed E-state index contributed by atoms with van der Waals surface area (Å²) in [6, 6.07) is 12.6. The molecule has 0 fully saturated rings. The molecule has 8 nitrogen and oxygen atoms in total. The van der Waals surface area contributed by atoms with Crippen LogP contribution in [0.2, 0.25) is 0 Å². The van der Waals surface area contributed by atoms with Gasteiger partial charge in [-0.05, 0) is 17.7 Å². The van der Waals surface area contributed by atoms with E-state index in [2.05, 4.69) is 0 Å². The van der Waals surface area contributed by atoms with E-state index in [1.165, 1.54) is 26.4 Å². The summed E-state index contributed by atoms with van der Waals surface area (Å²) in [5.74, 6) is -2.24. The number of rotatable bonds is 7. The molecule has 1 heterocycles. The van der Waals surface area contributed by atoms with Crippen LogP contribution in [0.1, 0.15) is 18.6 Å². The number of hydrogen-bond donors (Lipinski definition) is 1. The minimum absolute atomic E-state index is 0.0423. The smallest absolute Gasteiger partial charge is 0.313 e. The highest BCUT2D eigenvalue weighted by Gasteiger charge is 2.40. The van der Waals surface area contributed by atoms with Crippen LogP contribution in [0.25, 0.3) is 0 Å². The van der Waals surface area contributed by atoms with Gasteiger partial charge >= 0.3 is 10.1 Å². The summed E-state index contributed by atoms with van der Waals surface area (Å²) >= 11 is 0. The molecule has 2 N–H and O–H groups in total. The maximum absolute atomic E-state index is 12.8. The van der Waals surface area contributed by atoms with Gasteiger partial charge in [0.15, 0.2) is 6.08 Å². The highest BCUT2D eigenvalue weighted by Crippen LogP contribution is 2.36. The molecule has 9 heteroatoms. The lowest BCUT2D eigenvalue weighted by Crippen LogP contribution is -2.16. The van der Waals surface area contributed by atoms with Crippen LogP contribution < -0.4 is 15.2 Å². The molecule has 1 aliphatic heterocycles. The minimum atomic E-state index is -4.21. The zero-order valence-electron chi connectivity index (χ0n) is 16.2.